The highest BCUT2D eigenvalue weighted by atomic mass is 31.3. The quantitative estimate of drug-likeness (QED) is 0.453. The summed E-state index contributed by atoms with van der Waals surface area (Å²) in [6.07, 6.45) is 1.10. The molecule has 0 spiro atoms. The molecule has 104 valence electrons. The molecule has 0 aromatic carbocycles. The van der Waals surface area contributed by atoms with E-state index in [0.29, 0.717) is 12.8 Å². The van der Waals surface area contributed by atoms with E-state index in [1.807, 2.05) is 0 Å². The zero-order valence-electron chi connectivity index (χ0n) is 9.87. The molecule has 0 aromatic heterocycles. The molecule has 0 heterocycles. The predicted octanol–water partition coefficient (Wildman–Crippen LogP) is 0.245. The number of rotatable bonds is 6. The minimum absolute atomic E-state index is 0. The first-order valence-electron chi connectivity index (χ1n) is 3.46. The molecule has 0 aliphatic rings. The van der Waals surface area contributed by atoms with Crippen LogP contribution in [0.4, 0.5) is 0 Å². The third-order valence-corrected chi connectivity index (χ3v) is 3.05. The van der Waals surface area contributed by atoms with E-state index in [4.69, 9.17) is 0 Å². The van der Waals surface area contributed by atoms with E-state index < -0.39 is 15.6 Å². The van der Waals surface area contributed by atoms with Gasteiger partial charge < -0.3 is 42.2 Å². The molecule has 0 aliphatic carbocycles. The van der Waals surface area contributed by atoms with Crippen LogP contribution < -0.4 is 33.1 Å². The van der Waals surface area contributed by atoms with Gasteiger partial charge in [0.25, 0.3) is 7.82 Å². The maximum absolute atomic E-state index is 10.5. The summed E-state index contributed by atoms with van der Waals surface area (Å²) in [6, 6.07) is 0. The van der Waals surface area contributed by atoms with Gasteiger partial charge in [-0.3, -0.25) is 8.88 Å². The molecule has 10 nitrogen and oxygen atoms in total. The van der Waals surface area contributed by atoms with Gasteiger partial charge in [0.1, 0.15) is 0 Å². The van der Waals surface area contributed by atoms with Crippen molar-refractivity contribution in [2.75, 3.05) is 6.61 Å². The van der Waals surface area contributed by atoms with Gasteiger partial charge in [-0.2, -0.15) is 0 Å². The lowest BCUT2D eigenvalue weighted by molar-refractivity contribution is -0.339. The van der Waals surface area contributed by atoms with E-state index in [9.17, 15) is 23.8 Å². The second kappa shape index (κ2) is 10.3. The van der Waals surface area contributed by atoms with Crippen LogP contribution in [0.1, 0.15) is 19.8 Å². The first-order valence-corrected chi connectivity index (χ1v) is 6.38. The van der Waals surface area contributed by atoms with Crippen LogP contribution >= 0.6 is 15.6 Å². The SMILES string of the molecule is CCCCOP(=O)([O-])OP(=O)([O-])[O-].[NH4+].[NH4+].[NH4+]. The maximum atomic E-state index is 10.5. The Labute approximate surface area is 94.0 Å². The normalized spacial score (nSPS) is 13.8. The van der Waals surface area contributed by atoms with Gasteiger partial charge in [0, 0.05) is 0 Å². The Hall–Kier alpha value is 0.140. The standard InChI is InChI=1S/C4H12O7P2.3H3N/c1-2-3-4-10-13(8,9)11-12(5,6)7;;;/h2-4H2,1H3,(H,8,9)(H2,5,6,7);3*1H3. The van der Waals surface area contributed by atoms with Gasteiger partial charge in [-0.05, 0) is 6.42 Å². The highest BCUT2D eigenvalue weighted by Gasteiger charge is 2.10. The molecule has 12 N–H and O–H groups in total. The van der Waals surface area contributed by atoms with Crippen LogP contribution in [0.5, 0.6) is 0 Å². The van der Waals surface area contributed by atoms with Gasteiger partial charge in [-0.25, -0.2) is 0 Å². The van der Waals surface area contributed by atoms with Crippen LogP contribution in [0, 0.1) is 0 Å². The molecule has 0 aromatic rings. The fourth-order valence-electron chi connectivity index (χ4n) is 0.467. The smallest absolute Gasteiger partial charge is 0.271 e. The Morgan fingerprint density at radius 3 is 1.81 bits per heavy atom. The number of hydrogen-bond acceptors (Lipinski definition) is 7. The molecule has 0 saturated heterocycles. The van der Waals surface area contributed by atoms with Gasteiger partial charge in [0.2, 0.25) is 0 Å². The zero-order valence-corrected chi connectivity index (χ0v) is 11.7. The van der Waals surface area contributed by atoms with Crippen molar-refractivity contribution >= 4 is 15.6 Å². The van der Waals surface area contributed by atoms with Crippen LogP contribution in [-0.2, 0) is 18.0 Å². The van der Waals surface area contributed by atoms with E-state index >= 15 is 0 Å². The second-order valence-corrected chi connectivity index (χ2v) is 4.86. The van der Waals surface area contributed by atoms with Crippen molar-refractivity contribution in [1.29, 1.82) is 0 Å². The molecular weight excluding hydrogens is 264 g/mol. The fraction of sp³-hybridized carbons (Fsp3) is 1.00. The molecule has 16 heavy (non-hydrogen) atoms. The molecule has 0 saturated carbocycles. The van der Waals surface area contributed by atoms with Crippen LogP contribution in [0.2, 0.25) is 0 Å². The lowest BCUT2D eigenvalue weighted by Crippen LogP contribution is -2.19. The summed E-state index contributed by atoms with van der Waals surface area (Å²) < 4.78 is 27.7. The number of phosphoric ester groups is 1. The molecule has 0 aliphatic heterocycles. The molecule has 0 rings (SSSR count). The van der Waals surface area contributed by atoms with Crippen LogP contribution in [-0.4, -0.2) is 6.61 Å². The summed E-state index contributed by atoms with van der Waals surface area (Å²) in [5.74, 6) is 0. The van der Waals surface area contributed by atoms with Crippen LogP contribution in [0.15, 0.2) is 0 Å². The third-order valence-electron chi connectivity index (χ3n) is 0.947. The van der Waals surface area contributed by atoms with Crippen molar-refractivity contribution in [3.63, 3.8) is 0 Å². The van der Waals surface area contributed by atoms with E-state index in [2.05, 4.69) is 8.83 Å². The number of quaternary nitrogens is 3. The molecule has 1 atom stereocenters. The van der Waals surface area contributed by atoms with Crippen LogP contribution in [0.25, 0.3) is 0 Å². The minimum Gasteiger partial charge on any atom is -0.790 e. The van der Waals surface area contributed by atoms with Crippen molar-refractivity contribution in [2.24, 2.45) is 0 Å². The molecule has 0 amide bonds. The maximum Gasteiger partial charge on any atom is 0.271 e. The van der Waals surface area contributed by atoms with Gasteiger partial charge >= 0.3 is 0 Å². The first kappa shape index (κ1) is 25.1. The number of phosphoric acid groups is 2. The van der Waals surface area contributed by atoms with Crippen molar-refractivity contribution < 1.29 is 32.6 Å². The summed E-state index contributed by atoms with van der Waals surface area (Å²) in [6.45, 7) is 1.59. The summed E-state index contributed by atoms with van der Waals surface area (Å²) in [5.41, 5.74) is 0. The van der Waals surface area contributed by atoms with E-state index in [1.165, 1.54) is 0 Å². The largest absolute Gasteiger partial charge is 0.790 e. The Morgan fingerprint density at radius 2 is 1.50 bits per heavy atom. The molecule has 0 fully saturated rings. The zero-order chi connectivity index (χ0) is 10.5. The highest BCUT2D eigenvalue weighted by molar-refractivity contribution is 7.58. The predicted molar refractivity (Wildman–Crippen MR) is 55.1 cm³/mol. The average Bonchev–Trinajstić information content (AvgIpc) is 1.81. The van der Waals surface area contributed by atoms with Crippen molar-refractivity contribution in [2.45, 2.75) is 19.8 Å². The minimum atomic E-state index is -5.54. The van der Waals surface area contributed by atoms with Crippen molar-refractivity contribution in [3.05, 3.63) is 0 Å². The van der Waals surface area contributed by atoms with Crippen molar-refractivity contribution in [3.8, 4) is 0 Å². The lowest BCUT2D eigenvalue weighted by Gasteiger charge is -2.35. The summed E-state index contributed by atoms with van der Waals surface area (Å²) in [5, 5.41) is 0. The Bertz CT molecular complexity index is 244. The summed E-state index contributed by atoms with van der Waals surface area (Å²) in [7, 11) is -10.5. The Balaban J connectivity index is -0.000000240. The average molecular weight is 285 g/mol. The third kappa shape index (κ3) is 16.6. The molecule has 0 radical (unpaired) electrons. The molecule has 12 heteroatoms. The van der Waals surface area contributed by atoms with E-state index in [0.717, 1.165) is 0 Å². The van der Waals surface area contributed by atoms with Gasteiger partial charge in [0.05, 0.1) is 14.4 Å². The van der Waals surface area contributed by atoms with Gasteiger partial charge in [-0.1, -0.05) is 13.3 Å². The highest BCUT2D eigenvalue weighted by Crippen LogP contribution is 2.50. The fourth-order valence-corrected chi connectivity index (χ4v) is 1.99. The van der Waals surface area contributed by atoms with E-state index in [-0.39, 0.29) is 25.1 Å². The topological polar surface area (TPSA) is 231 Å². The number of unbranched alkanes of at least 4 members (excludes halogenated alkanes) is 1. The molecule has 1 unspecified atom stereocenters. The summed E-state index contributed by atoms with van der Waals surface area (Å²) >= 11 is 0. The van der Waals surface area contributed by atoms with Crippen LogP contribution in [0.3, 0.4) is 0 Å². The van der Waals surface area contributed by atoms with E-state index in [1.54, 1.807) is 6.92 Å². The monoisotopic (exact) mass is 285 g/mol. The Morgan fingerprint density at radius 1 is 1.06 bits per heavy atom. The second-order valence-electron chi connectivity index (χ2n) is 2.16. The summed E-state index contributed by atoms with van der Waals surface area (Å²) in [4.78, 5) is 30.3. The first-order chi connectivity index (χ1) is 5.77. The Kier molecular flexibility index (Phi) is 16.2. The molecular formula is C4H21N3O7P2. The molecule has 0 bridgehead atoms. The number of hydrogen-bond donors (Lipinski definition) is 3. The van der Waals surface area contributed by atoms with Gasteiger partial charge in [0.15, 0.2) is 0 Å². The van der Waals surface area contributed by atoms with Gasteiger partial charge in [-0.15, -0.1) is 0 Å². The lowest BCUT2D eigenvalue weighted by atomic mass is 10.4. The van der Waals surface area contributed by atoms with Crippen molar-refractivity contribution in [1.82, 2.24) is 18.5 Å².